The number of piperidine rings is 1. The van der Waals surface area contributed by atoms with Crippen LogP contribution in [0, 0.1) is 17.2 Å². The van der Waals surface area contributed by atoms with Gasteiger partial charge in [-0.2, -0.15) is 0 Å². The van der Waals surface area contributed by atoms with Crippen molar-refractivity contribution in [2.24, 2.45) is 11.3 Å². The zero-order valence-electron chi connectivity index (χ0n) is 17.0. The van der Waals surface area contributed by atoms with Crippen molar-refractivity contribution in [3.8, 4) is 0 Å². The molecule has 1 aliphatic rings. The third-order valence-corrected chi connectivity index (χ3v) is 5.31. The molecule has 0 radical (unpaired) electrons. The standard InChI is InChI=1S/C23H30FN3O/c1-23(2,3)22(28)26-21(20-8-4-5-13-25-20)18-7-6-14-27(16-18)15-17-9-11-19(24)12-10-17/h4-5,8-13,18,21H,6-7,14-16H2,1-3H3,(H,26,28)/t18-,21-/m1/s1. The van der Waals surface area contributed by atoms with E-state index >= 15 is 0 Å². The lowest BCUT2D eigenvalue weighted by molar-refractivity contribution is -0.130. The van der Waals surface area contributed by atoms with E-state index in [-0.39, 0.29) is 23.7 Å². The summed E-state index contributed by atoms with van der Waals surface area (Å²) in [6, 6.07) is 12.5. The number of nitrogens with zero attached hydrogens (tertiary/aromatic N) is 2. The van der Waals surface area contributed by atoms with E-state index < -0.39 is 5.41 Å². The van der Waals surface area contributed by atoms with Gasteiger partial charge in [0.25, 0.3) is 0 Å². The lowest BCUT2D eigenvalue weighted by atomic mass is 9.86. The smallest absolute Gasteiger partial charge is 0.225 e. The van der Waals surface area contributed by atoms with Gasteiger partial charge in [0.2, 0.25) is 5.91 Å². The summed E-state index contributed by atoms with van der Waals surface area (Å²) in [6.45, 7) is 8.47. The number of benzene rings is 1. The molecule has 0 bridgehead atoms. The highest BCUT2D eigenvalue weighted by atomic mass is 19.1. The van der Waals surface area contributed by atoms with Crippen molar-refractivity contribution >= 4 is 5.91 Å². The molecule has 1 saturated heterocycles. The van der Waals surface area contributed by atoms with Gasteiger partial charge in [-0.1, -0.05) is 39.0 Å². The number of likely N-dealkylation sites (tertiary alicyclic amines) is 1. The van der Waals surface area contributed by atoms with Crippen molar-refractivity contribution in [2.45, 2.75) is 46.2 Å². The second-order valence-corrected chi connectivity index (χ2v) is 8.72. The maximum atomic E-state index is 13.2. The molecule has 1 fully saturated rings. The Morgan fingerprint density at radius 3 is 2.64 bits per heavy atom. The van der Waals surface area contributed by atoms with E-state index in [9.17, 15) is 9.18 Å². The number of amides is 1. The number of hydrogen-bond donors (Lipinski definition) is 1. The highest BCUT2D eigenvalue weighted by Gasteiger charge is 2.33. The minimum absolute atomic E-state index is 0.0406. The minimum Gasteiger partial charge on any atom is -0.347 e. The number of carbonyl (C=O) groups excluding carboxylic acids is 1. The molecule has 0 spiro atoms. The molecule has 1 amide bonds. The molecule has 1 aliphatic heterocycles. The lowest BCUT2D eigenvalue weighted by Crippen LogP contribution is -2.45. The molecule has 2 atom stereocenters. The average Bonchev–Trinajstić information content (AvgIpc) is 2.68. The van der Waals surface area contributed by atoms with Crippen molar-refractivity contribution < 1.29 is 9.18 Å². The summed E-state index contributed by atoms with van der Waals surface area (Å²) in [5.41, 5.74) is 1.57. The Balaban J connectivity index is 1.75. The van der Waals surface area contributed by atoms with Crippen LogP contribution in [-0.2, 0) is 11.3 Å². The number of rotatable bonds is 5. The zero-order valence-corrected chi connectivity index (χ0v) is 17.0. The molecule has 0 aliphatic carbocycles. The number of hydrogen-bond acceptors (Lipinski definition) is 3. The highest BCUT2D eigenvalue weighted by Crippen LogP contribution is 2.31. The molecular formula is C23H30FN3O. The first-order chi connectivity index (χ1) is 13.3. The maximum absolute atomic E-state index is 13.2. The summed E-state index contributed by atoms with van der Waals surface area (Å²) in [4.78, 5) is 19.6. The van der Waals surface area contributed by atoms with Crippen molar-refractivity contribution in [1.82, 2.24) is 15.2 Å². The number of halogens is 1. The Bertz CT molecular complexity index is 771. The van der Waals surface area contributed by atoms with Gasteiger partial charge in [-0.15, -0.1) is 0 Å². The second-order valence-electron chi connectivity index (χ2n) is 8.72. The molecule has 28 heavy (non-hydrogen) atoms. The van der Waals surface area contributed by atoms with Gasteiger partial charge >= 0.3 is 0 Å². The summed E-state index contributed by atoms with van der Waals surface area (Å²) < 4.78 is 13.2. The monoisotopic (exact) mass is 383 g/mol. The van der Waals surface area contributed by atoms with Crippen LogP contribution in [0.2, 0.25) is 0 Å². The van der Waals surface area contributed by atoms with E-state index in [2.05, 4.69) is 15.2 Å². The van der Waals surface area contributed by atoms with Gasteiger partial charge in [0.15, 0.2) is 0 Å². The van der Waals surface area contributed by atoms with Crippen molar-refractivity contribution in [3.63, 3.8) is 0 Å². The largest absolute Gasteiger partial charge is 0.347 e. The predicted molar refractivity (Wildman–Crippen MR) is 109 cm³/mol. The Labute approximate surface area is 167 Å². The summed E-state index contributed by atoms with van der Waals surface area (Å²) >= 11 is 0. The van der Waals surface area contributed by atoms with Crippen molar-refractivity contribution in [2.75, 3.05) is 13.1 Å². The van der Waals surface area contributed by atoms with Crippen LogP contribution >= 0.6 is 0 Å². The van der Waals surface area contributed by atoms with Crippen LogP contribution in [0.15, 0.2) is 48.7 Å². The van der Waals surface area contributed by atoms with E-state index in [1.807, 2.05) is 51.1 Å². The molecule has 3 rings (SSSR count). The number of carbonyl (C=O) groups is 1. The summed E-state index contributed by atoms with van der Waals surface area (Å²) in [5.74, 6) is 0.120. The highest BCUT2D eigenvalue weighted by molar-refractivity contribution is 5.81. The molecule has 0 unspecified atom stereocenters. The number of pyridine rings is 1. The average molecular weight is 384 g/mol. The maximum Gasteiger partial charge on any atom is 0.225 e. The molecule has 1 N–H and O–H groups in total. The summed E-state index contributed by atoms with van der Waals surface area (Å²) in [6.07, 6.45) is 3.90. The molecule has 2 heterocycles. The van der Waals surface area contributed by atoms with Gasteiger partial charge in [0.05, 0.1) is 11.7 Å². The van der Waals surface area contributed by atoms with Gasteiger partial charge in [0.1, 0.15) is 5.82 Å². The fourth-order valence-electron chi connectivity index (χ4n) is 3.71. The SMILES string of the molecule is CC(C)(C)C(=O)N[C@@H](c1ccccn1)[C@@H]1CCCN(Cc2ccc(F)cc2)C1. The molecule has 0 saturated carbocycles. The Hall–Kier alpha value is -2.27. The molecular weight excluding hydrogens is 353 g/mol. The fraction of sp³-hybridized carbons (Fsp3) is 0.478. The number of aromatic nitrogens is 1. The second kappa shape index (κ2) is 8.82. The van der Waals surface area contributed by atoms with E-state index in [0.717, 1.165) is 43.7 Å². The zero-order chi connectivity index (χ0) is 20.1. The molecule has 4 nitrogen and oxygen atoms in total. The van der Waals surface area contributed by atoms with E-state index in [4.69, 9.17) is 0 Å². The Morgan fingerprint density at radius 1 is 1.25 bits per heavy atom. The van der Waals surface area contributed by atoms with Gasteiger partial charge < -0.3 is 5.32 Å². The normalized spacial score (nSPS) is 19.2. The van der Waals surface area contributed by atoms with Gasteiger partial charge in [-0.3, -0.25) is 14.7 Å². The first-order valence-corrected chi connectivity index (χ1v) is 10.0. The van der Waals surface area contributed by atoms with Crippen LogP contribution < -0.4 is 5.32 Å². The van der Waals surface area contributed by atoms with Crippen LogP contribution in [0.5, 0.6) is 0 Å². The van der Waals surface area contributed by atoms with E-state index in [1.54, 1.807) is 6.20 Å². The van der Waals surface area contributed by atoms with Crippen LogP contribution in [-0.4, -0.2) is 28.9 Å². The minimum atomic E-state index is -0.449. The molecule has 2 aromatic rings. The molecule has 1 aromatic carbocycles. The molecule has 150 valence electrons. The Kier molecular flexibility index (Phi) is 6.45. The summed E-state index contributed by atoms with van der Waals surface area (Å²) in [5, 5.41) is 3.26. The third kappa shape index (κ3) is 5.38. The first-order valence-electron chi connectivity index (χ1n) is 10.0. The quantitative estimate of drug-likeness (QED) is 0.836. The van der Waals surface area contributed by atoms with Crippen LogP contribution in [0.3, 0.4) is 0 Å². The van der Waals surface area contributed by atoms with Crippen LogP contribution in [0.1, 0.15) is 50.9 Å². The fourth-order valence-corrected chi connectivity index (χ4v) is 3.71. The first kappa shape index (κ1) is 20.5. The number of nitrogens with one attached hydrogen (secondary N) is 1. The summed E-state index contributed by atoms with van der Waals surface area (Å²) in [7, 11) is 0. The van der Waals surface area contributed by atoms with Gasteiger partial charge in [-0.05, 0) is 55.1 Å². The topological polar surface area (TPSA) is 45.2 Å². The third-order valence-electron chi connectivity index (χ3n) is 5.31. The molecule has 5 heteroatoms. The van der Waals surface area contributed by atoms with Crippen molar-refractivity contribution in [3.05, 3.63) is 65.7 Å². The lowest BCUT2D eigenvalue weighted by Gasteiger charge is -2.38. The van der Waals surface area contributed by atoms with Crippen LogP contribution in [0.25, 0.3) is 0 Å². The van der Waals surface area contributed by atoms with E-state index in [1.165, 1.54) is 12.1 Å². The van der Waals surface area contributed by atoms with Crippen LogP contribution in [0.4, 0.5) is 4.39 Å². The van der Waals surface area contributed by atoms with Crippen molar-refractivity contribution in [1.29, 1.82) is 0 Å². The van der Waals surface area contributed by atoms with E-state index in [0.29, 0.717) is 0 Å². The van der Waals surface area contributed by atoms with Gasteiger partial charge in [-0.25, -0.2) is 4.39 Å². The van der Waals surface area contributed by atoms with Gasteiger partial charge in [0, 0.05) is 24.7 Å². The predicted octanol–water partition coefficient (Wildman–Crippen LogP) is 4.34. The molecule has 1 aromatic heterocycles. The Morgan fingerprint density at radius 2 is 2.00 bits per heavy atom.